The number of amides is 2. The number of thiophene rings is 1. The SMILES string of the molecule is CC(C)N1Cc2ccsc2NC1=O.[HH]. The van der Waals surface area contributed by atoms with Crippen molar-refractivity contribution in [2.24, 2.45) is 0 Å². The summed E-state index contributed by atoms with van der Waals surface area (Å²) < 4.78 is 0. The van der Waals surface area contributed by atoms with E-state index in [1.165, 1.54) is 5.56 Å². The average Bonchev–Trinajstić information content (AvgIpc) is 2.48. The minimum atomic E-state index is 0. The van der Waals surface area contributed by atoms with Crippen molar-refractivity contribution >= 4 is 22.4 Å². The number of nitrogens with one attached hydrogen (secondary N) is 1. The van der Waals surface area contributed by atoms with Gasteiger partial charge in [-0.05, 0) is 25.3 Å². The van der Waals surface area contributed by atoms with Crippen LogP contribution in [-0.2, 0) is 6.54 Å². The Kier molecular flexibility index (Phi) is 2.00. The number of carbonyl (C=O) groups is 1. The summed E-state index contributed by atoms with van der Waals surface area (Å²) in [5.41, 5.74) is 1.22. The Morgan fingerprint density at radius 1 is 1.69 bits per heavy atom. The lowest BCUT2D eigenvalue weighted by atomic mass is 10.2. The van der Waals surface area contributed by atoms with Gasteiger partial charge in [0, 0.05) is 13.0 Å². The number of fused-ring (bicyclic) bond motifs is 1. The summed E-state index contributed by atoms with van der Waals surface area (Å²) in [4.78, 5) is 13.3. The molecule has 0 bridgehead atoms. The van der Waals surface area contributed by atoms with E-state index in [4.69, 9.17) is 0 Å². The van der Waals surface area contributed by atoms with Crippen LogP contribution >= 0.6 is 11.3 Å². The molecule has 0 aliphatic carbocycles. The van der Waals surface area contributed by atoms with Gasteiger partial charge in [-0.3, -0.25) is 5.32 Å². The number of nitrogens with zero attached hydrogens (tertiary/aromatic N) is 1. The fraction of sp³-hybridized carbons (Fsp3) is 0.444. The van der Waals surface area contributed by atoms with Gasteiger partial charge in [-0.15, -0.1) is 11.3 Å². The third-order valence-electron chi connectivity index (χ3n) is 2.19. The van der Waals surface area contributed by atoms with E-state index in [1.54, 1.807) is 11.3 Å². The molecule has 1 aliphatic heterocycles. The van der Waals surface area contributed by atoms with Crippen molar-refractivity contribution in [1.29, 1.82) is 0 Å². The maximum Gasteiger partial charge on any atom is 0.323 e. The zero-order valence-electron chi connectivity index (χ0n) is 7.70. The highest BCUT2D eigenvalue weighted by Gasteiger charge is 2.24. The highest BCUT2D eigenvalue weighted by Crippen LogP contribution is 2.29. The molecule has 13 heavy (non-hydrogen) atoms. The van der Waals surface area contributed by atoms with E-state index in [0.717, 1.165) is 11.5 Å². The molecule has 2 heterocycles. The maximum atomic E-state index is 11.5. The molecule has 1 aliphatic rings. The normalized spacial score (nSPS) is 15.9. The molecule has 1 aromatic heterocycles. The summed E-state index contributed by atoms with van der Waals surface area (Å²) >= 11 is 1.58. The standard InChI is InChI=1S/C9H12N2OS.H2/c1-6(2)11-5-7-3-4-13-8(7)10-9(11)12;/h3-4,6H,5H2,1-2H3,(H,10,12);1H. The van der Waals surface area contributed by atoms with Gasteiger partial charge in [0.1, 0.15) is 5.00 Å². The van der Waals surface area contributed by atoms with E-state index in [0.29, 0.717) is 0 Å². The topological polar surface area (TPSA) is 32.3 Å². The number of anilines is 1. The molecule has 0 aromatic carbocycles. The Morgan fingerprint density at radius 3 is 3.15 bits per heavy atom. The largest absolute Gasteiger partial charge is 0.323 e. The molecule has 3 nitrogen and oxygen atoms in total. The molecule has 1 aromatic rings. The second-order valence-corrected chi connectivity index (χ2v) is 4.34. The maximum absolute atomic E-state index is 11.5. The third-order valence-corrected chi connectivity index (χ3v) is 3.06. The molecule has 0 radical (unpaired) electrons. The van der Waals surface area contributed by atoms with E-state index in [1.807, 2.05) is 24.1 Å². The second-order valence-electron chi connectivity index (χ2n) is 3.43. The zero-order valence-corrected chi connectivity index (χ0v) is 8.52. The first kappa shape index (κ1) is 8.56. The van der Waals surface area contributed by atoms with Crippen LogP contribution in [-0.4, -0.2) is 17.0 Å². The molecule has 1 N–H and O–H groups in total. The van der Waals surface area contributed by atoms with Crippen LogP contribution < -0.4 is 5.32 Å². The first-order valence-electron chi connectivity index (χ1n) is 4.32. The Hall–Kier alpha value is -1.03. The minimum Gasteiger partial charge on any atom is -0.318 e. The van der Waals surface area contributed by atoms with Gasteiger partial charge in [0.15, 0.2) is 0 Å². The van der Waals surface area contributed by atoms with E-state index in [-0.39, 0.29) is 13.5 Å². The lowest BCUT2D eigenvalue weighted by Crippen LogP contribution is -2.42. The summed E-state index contributed by atoms with van der Waals surface area (Å²) in [7, 11) is 0. The minimum absolute atomic E-state index is 0. The summed E-state index contributed by atoms with van der Waals surface area (Å²) in [5, 5.41) is 5.89. The summed E-state index contributed by atoms with van der Waals surface area (Å²) in [6.45, 7) is 4.79. The van der Waals surface area contributed by atoms with Gasteiger partial charge < -0.3 is 4.90 Å². The Labute approximate surface area is 82.8 Å². The zero-order chi connectivity index (χ0) is 9.42. The van der Waals surface area contributed by atoms with E-state index in [9.17, 15) is 4.79 Å². The van der Waals surface area contributed by atoms with Crippen LogP contribution in [0.15, 0.2) is 11.4 Å². The summed E-state index contributed by atoms with van der Waals surface area (Å²) in [6, 6.07) is 2.34. The third kappa shape index (κ3) is 1.42. The molecular formula is C9H14N2OS. The van der Waals surface area contributed by atoms with Crippen LogP contribution in [0.4, 0.5) is 9.80 Å². The van der Waals surface area contributed by atoms with Crippen molar-refractivity contribution in [3.05, 3.63) is 17.0 Å². The molecule has 0 saturated heterocycles. The Morgan fingerprint density at radius 2 is 2.46 bits per heavy atom. The molecule has 0 atom stereocenters. The monoisotopic (exact) mass is 198 g/mol. The van der Waals surface area contributed by atoms with Crippen molar-refractivity contribution in [3.63, 3.8) is 0 Å². The molecule has 0 spiro atoms. The smallest absolute Gasteiger partial charge is 0.318 e. The van der Waals surface area contributed by atoms with Crippen LogP contribution in [0.5, 0.6) is 0 Å². The molecule has 0 saturated carbocycles. The summed E-state index contributed by atoms with van der Waals surface area (Å²) in [5.74, 6) is 0. The molecular weight excluding hydrogens is 184 g/mol. The first-order chi connectivity index (χ1) is 6.18. The molecule has 2 amide bonds. The van der Waals surface area contributed by atoms with Gasteiger partial charge in [0.25, 0.3) is 0 Å². The summed E-state index contributed by atoms with van der Waals surface area (Å²) in [6.07, 6.45) is 0. The molecule has 72 valence electrons. The van der Waals surface area contributed by atoms with Gasteiger partial charge in [0.05, 0.1) is 6.54 Å². The number of carbonyl (C=O) groups excluding carboxylic acids is 1. The van der Waals surface area contributed by atoms with Crippen molar-refractivity contribution in [2.75, 3.05) is 5.32 Å². The van der Waals surface area contributed by atoms with E-state index in [2.05, 4.69) is 11.4 Å². The van der Waals surface area contributed by atoms with E-state index >= 15 is 0 Å². The molecule has 2 rings (SSSR count). The van der Waals surface area contributed by atoms with Gasteiger partial charge in [-0.1, -0.05) is 0 Å². The van der Waals surface area contributed by atoms with Gasteiger partial charge in [-0.2, -0.15) is 0 Å². The average molecular weight is 198 g/mol. The van der Waals surface area contributed by atoms with E-state index < -0.39 is 0 Å². The van der Waals surface area contributed by atoms with Crippen molar-refractivity contribution in [1.82, 2.24) is 4.90 Å². The quantitative estimate of drug-likeness (QED) is 0.739. The van der Waals surface area contributed by atoms with Crippen molar-refractivity contribution < 1.29 is 6.22 Å². The van der Waals surface area contributed by atoms with Crippen LogP contribution in [0.2, 0.25) is 0 Å². The number of rotatable bonds is 1. The fourth-order valence-electron chi connectivity index (χ4n) is 1.41. The Balaban J connectivity index is 0.000000980. The lowest BCUT2D eigenvalue weighted by Gasteiger charge is -2.30. The molecule has 0 fully saturated rings. The lowest BCUT2D eigenvalue weighted by molar-refractivity contribution is 0.191. The number of hydrogen-bond acceptors (Lipinski definition) is 2. The van der Waals surface area contributed by atoms with Crippen LogP contribution in [0, 0.1) is 0 Å². The van der Waals surface area contributed by atoms with Crippen LogP contribution in [0.25, 0.3) is 0 Å². The predicted molar refractivity (Wildman–Crippen MR) is 56.1 cm³/mol. The van der Waals surface area contributed by atoms with Crippen LogP contribution in [0.1, 0.15) is 20.8 Å². The number of urea groups is 1. The fourth-order valence-corrected chi connectivity index (χ4v) is 2.21. The first-order valence-corrected chi connectivity index (χ1v) is 5.20. The van der Waals surface area contributed by atoms with Crippen LogP contribution in [0.3, 0.4) is 0 Å². The predicted octanol–water partition coefficient (Wildman–Crippen LogP) is 2.75. The number of hydrogen-bond donors (Lipinski definition) is 1. The van der Waals surface area contributed by atoms with Crippen molar-refractivity contribution in [3.8, 4) is 0 Å². The van der Waals surface area contributed by atoms with Gasteiger partial charge >= 0.3 is 6.03 Å². The Bertz CT molecular complexity index is 337. The molecule has 4 heteroatoms. The van der Waals surface area contributed by atoms with Crippen molar-refractivity contribution in [2.45, 2.75) is 26.4 Å². The highest BCUT2D eigenvalue weighted by molar-refractivity contribution is 7.14. The highest BCUT2D eigenvalue weighted by atomic mass is 32.1. The van der Waals surface area contributed by atoms with Gasteiger partial charge in [0.2, 0.25) is 0 Å². The van der Waals surface area contributed by atoms with Gasteiger partial charge in [-0.25, -0.2) is 4.79 Å². The molecule has 0 unspecified atom stereocenters. The second kappa shape index (κ2) is 3.03.